The first-order valence-electron chi connectivity index (χ1n) is 7.65. The van der Waals surface area contributed by atoms with Gasteiger partial charge in [0.1, 0.15) is 11.5 Å². The van der Waals surface area contributed by atoms with Crippen molar-refractivity contribution in [1.82, 2.24) is 0 Å². The highest BCUT2D eigenvalue weighted by Crippen LogP contribution is 2.36. The molecule has 114 valence electrons. The van der Waals surface area contributed by atoms with E-state index in [9.17, 15) is 10.1 Å². The number of allylic oxidation sites excluding steroid dienone is 1. The fraction of sp³-hybridized carbons (Fsp3) is 0.158. The Morgan fingerprint density at radius 1 is 1.13 bits per heavy atom. The van der Waals surface area contributed by atoms with Gasteiger partial charge in [-0.15, -0.1) is 0 Å². The number of aryl methyl sites for hydroxylation is 1. The summed E-state index contributed by atoms with van der Waals surface area (Å²) in [4.78, 5) is 10.6. The first kappa shape index (κ1) is 13.8. The number of hydrogen-bond donors (Lipinski definition) is 0. The average Bonchev–Trinajstić information content (AvgIpc) is 2.82. The molecule has 4 rings (SSSR count). The molecule has 0 aromatic heterocycles. The zero-order chi connectivity index (χ0) is 15.8. The second-order valence-electron chi connectivity index (χ2n) is 5.83. The zero-order valence-electron chi connectivity index (χ0n) is 12.4. The van der Waals surface area contributed by atoms with Crippen LogP contribution in [0.25, 0.3) is 12.2 Å². The van der Waals surface area contributed by atoms with E-state index in [0.717, 1.165) is 35.5 Å². The normalized spacial score (nSPS) is 18.4. The van der Waals surface area contributed by atoms with Gasteiger partial charge in [-0.25, -0.2) is 0 Å². The molecule has 4 nitrogen and oxygen atoms in total. The van der Waals surface area contributed by atoms with Crippen LogP contribution < -0.4 is 4.74 Å². The SMILES string of the molecule is O=[N+]([O-])c1ccc2c(c1)C=C1Oc3ccccc3CCC1C=C2. The van der Waals surface area contributed by atoms with E-state index in [0.29, 0.717) is 0 Å². The van der Waals surface area contributed by atoms with E-state index in [1.54, 1.807) is 18.2 Å². The molecule has 4 heteroatoms. The smallest absolute Gasteiger partial charge is 0.270 e. The van der Waals surface area contributed by atoms with Crippen molar-refractivity contribution in [2.75, 3.05) is 0 Å². The lowest BCUT2D eigenvalue weighted by molar-refractivity contribution is -0.384. The number of ether oxygens (including phenoxy) is 1. The summed E-state index contributed by atoms with van der Waals surface area (Å²) in [6, 6.07) is 13.0. The molecule has 1 aliphatic carbocycles. The lowest BCUT2D eigenvalue weighted by Gasteiger charge is -2.13. The second-order valence-corrected chi connectivity index (χ2v) is 5.83. The van der Waals surface area contributed by atoms with Crippen LogP contribution >= 0.6 is 0 Å². The van der Waals surface area contributed by atoms with Gasteiger partial charge in [0, 0.05) is 18.1 Å². The summed E-state index contributed by atoms with van der Waals surface area (Å²) in [5, 5.41) is 11.0. The monoisotopic (exact) mass is 305 g/mol. The predicted octanol–water partition coefficient (Wildman–Crippen LogP) is 4.60. The summed E-state index contributed by atoms with van der Waals surface area (Å²) in [6.45, 7) is 0. The Morgan fingerprint density at radius 2 is 2.00 bits per heavy atom. The van der Waals surface area contributed by atoms with E-state index >= 15 is 0 Å². The van der Waals surface area contributed by atoms with Crippen LogP contribution in [0.5, 0.6) is 5.75 Å². The quantitative estimate of drug-likeness (QED) is 0.571. The molecule has 0 radical (unpaired) electrons. The van der Waals surface area contributed by atoms with Crippen LogP contribution in [0.3, 0.4) is 0 Å². The summed E-state index contributed by atoms with van der Waals surface area (Å²) >= 11 is 0. The minimum absolute atomic E-state index is 0.0986. The van der Waals surface area contributed by atoms with Crippen molar-refractivity contribution in [3.63, 3.8) is 0 Å². The molecule has 23 heavy (non-hydrogen) atoms. The highest BCUT2D eigenvalue weighted by Gasteiger charge is 2.23. The molecule has 1 atom stereocenters. The molecule has 2 aromatic rings. The van der Waals surface area contributed by atoms with Gasteiger partial charge in [-0.1, -0.05) is 30.4 Å². The number of nitro groups is 1. The molecular formula is C19H15NO3. The van der Waals surface area contributed by atoms with E-state index in [1.807, 2.05) is 30.4 Å². The van der Waals surface area contributed by atoms with Gasteiger partial charge in [-0.3, -0.25) is 10.1 Å². The molecule has 0 amide bonds. The molecule has 1 heterocycles. The Balaban J connectivity index is 1.80. The molecule has 1 unspecified atom stereocenters. The van der Waals surface area contributed by atoms with Gasteiger partial charge in [-0.2, -0.15) is 0 Å². The molecule has 0 spiro atoms. The number of fused-ring (bicyclic) bond motifs is 3. The standard InChI is InChI=1S/C19H15NO3/c21-20(22)17-10-9-13-5-6-15-8-7-14-3-1-2-4-18(14)23-19(15)12-16(13)11-17/h1-6,9-12,15H,7-8H2. The van der Waals surface area contributed by atoms with Gasteiger partial charge < -0.3 is 4.74 Å². The number of para-hydroxylation sites is 1. The Hall–Kier alpha value is -2.88. The van der Waals surface area contributed by atoms with Crippen LogP contribution in [0.15, 0.2) is 54.3 Å². The van der Waals surface area contributed by atoms with Crippen molar-refractivity contribution in [2.24, 2.45) is 5.92 Å². The van der Waals surface area contributed by atoms with Gasteiger partial charge in [-0.05, 0) is 47.7 Å². The van der Waals surface area contributed by atoms with Gasteiger partial charge >= 0.3 is 0 Å². The zero-order valence-corrected chi connectivity index (χ0v) is 12.4. The third-order valence-corrected chi connectivity index (χ3v) is 4.38. The maximum Gasteiger partial charge on any atom is 0.270 e. The van der Waals surface area contributed by atoms with Crippen LogP contribution in [0.1, 0.15) is 23.1 Å². The predicted molar refractivity (Wildman–Crippen MR) is 89.0 cm³/mol. The van der Waals surface area contributed by atoms with E-state index in [-0.39, 0.29) is 16.5 Å². The van der Waals surface area contributed by atoms with E-state index in [1.165, 1.54) is 5.56 Å². The van der Waals surface area contributed by atoms with Crippen molar-refractivity contribution in [1.29, 1.82) is 0 Å². The summed E-state index contributed by atoms with van der Waals surface area (Å²) in [7, 11) is 0. The van der Waals surface area contributed by atoms with Crippen LogP contribution in [0.2, 0.25) is 0 Å². The van der Waals surface area contributed by atoms with Gasteiger partial charge in [0.2, 0.25) is 0 Å². The summed E-state index contributed by atoms with van der Waals surface area (Å²) in [5.74, 6) is 1.92. The number of rotatable bonds is 1. The number of nitrogens with zero attached hydrogens (tertiary/aromatic N) is 1. The molecule has 0 saturated heterocycles. The van der Waals surface area contributed by atoms with Crippen molar-refractivity contribution in [3.05, 3.63) is 81.1 Å². The molecule has 0 fully saturated rings. The van der Waals surface area contributed by atoms with Crippen LogP contribution in [-0.4, -0.2) is 4.92 Å². The molecule has 1 aliphatic heterocycles. The molecule has 2 aromatic carbocycles. The molecule has 0 bridgehead atoms. The lowest BCUT2D eigenvalue weighted by atomic mass is 9.98. The summed E-state index contributed by atoms with van der Waals surface area (Å²) in [5.41, 5.74) is 3.11. The van der Waals surface area contributed by atoms with Gasteiger partial charge in [0.15, 0.2) is 0 Å². The summed E-state index contributed by atoms with van der Waals surface area (Å²) in [6.07, 6.45) is 8.03. The van der Waals surface area contributed by atoms with E-state index < -0.39 is 0 Å². The average molecular weight is 305 g/mol. The lowest BCUT2D eigenvalue weighted by Crippen LogP contribution is -2.04. The third-order valence-electron chi connectivity index (χ3n) is 4.38. The number of benzene rings is 2. The van der Waals surface area contributed by atoms with Gasteiger partial charge in [0.05, 0.1) is 4.92 Å². The molecule has 0 N–H and O–H groups in total. The van der Waals surface area contributed by atoms with Crippen LogP contribution in [0.4, 0.5) is 5.69 Å². The first-order valence-corrected chi connectivity index (χ1v) is 7.65. The van der Waals surface area contributed by atoms with Crippen LogP contribution in [0, 0.1) is 16.0 Å². The summed E-state index contributed by atoms with van der Waals surface area (Å²) < 4.78 is 6.14. The Labute approximate surface area is 133 Å². The van der Waals surface area contributed by atoms with Crippen molar-refractivity contribution in [2.45, 2.75) is 12.8 Å². The Morgan fingerprint density at radius 3 is 2.87 bits per heavy atom. The first-order chi connectivity index (χ1) is 11.2. The Kier molecular flexibility index (Phi) is 3.23. The van der Waals surface area contributed by atoms with E-state index in [2.05, 4.69) is 12.1 Å². The maximum absolute atomic E-state index is 11.0. The van der Waals surface area contributed by atoms with Crippen molar-refractivity contribution < 1.29 is 9.66 Å². The fourth-order valence-electron chi connectivity index (χ4n) is 3.12. The second kappa shape index (κ2) is 5.39. The minimum Gasteiger partial charge on any atom is -0.461 e. The highest BCUT2D eigenvalue weighted by atomic mass is 16.6. The van der Waals surface area contributed by atoms with Crippen LogP contribution in [-0.2, 0) is 6.42 Å². The topological polar surface area (TPSA) is 52.4 Å². The van der Waals surface area contributed by atoms with E-state index in [4.69, 9.17) is 4.74 Å². The largest absolute Gasteiger partial charge is 0.461 e. The Bertz CT molecular complexity index is 851. The number of nitro benzene ring substituents is 1. The molecule has 2 aliphatic rings. The number of hydrogen-bond acceptors (Lipinski definition) is 3. The third kappa shape index (κ3) is 2.52. The highest BCUT2D eigenvalue weighted by molar-refractivity contribution is 5.71. The fourth-order valence-corrected chi connectivity index (χ4v) is 3.12. The minimum atomic E-state index is -0.367. The van der Waals surface area contributed by atoms with Gasteiger partial charge in [0.25, 0.3) is 5.69 Å². The van der Waals surface area contributed by atoms with Crippen molar-refractivity contribution >= 4 is 17.8 Å². The maximum atomic E-state index is 11.0. The molecular weight excluding hydrogens is 290 g/mol. The molecule has 0 saturated carbocycles. The number of non-ortho nitro benzene ring substituents is 1. The van der Waals surface area contributed by atoms with Crippen molar-refractivity contribution in [3.8, 4) is 5.75 Å².